The topological polar surface area (TPSA) is 33.7 Å². The Labute approximate surface area is 156 Å². The van der Waals surface area contributed by atoms with Gasteiger partial charge >= 0.3 is 0 Å². The predicted octanol–water partition coefficient (Wildman–Crippen LogP) is 0.0408. The smallest absolute Gasteiger partial charge is 0.185 e. The summed E-state index contributed by atoms with van der Waals surface area (Å²) in [5.74, 6) is -5.68. The van der Waals surface area contributed by atoms with Crippen LogP contribution in [0.3, 0.4) is 0 Å². The lowest BCUT2D eigenvalue weighted by molar-refractivity contribution is -0.00000895. The molecule has 2 rings (SSSR count). The molecule has 9 heteroatoms. The molecular formula is C17H22ClF4N2O2-. The number of methoxy groups -OCH3 is 1. The van der Waals surface area contributed by atoms with E-state index in [0.717, 1.165) is 6.08 Å². The average Bonchev–Trinajstić information content (AvgIpc) is 2.63. The third-order valence-corrected chi connectivity index (χ3v) is 3.88. The highest BCUT2D eigenvalue weighted by atomic mass is 35.5. The predicted molar refractivity (Wildman–Crippen MR) is 87.5 cm³/mol. The maximum Gasteiger partial charge on any atom is 0.185 e. The average molecular weight is 398 g/mol. The number of benzene rings is 1. The molecule has 0 unspecified atom stereocenters. The third kappa shape index (κ3) is 5.84. The number of nitrogens with one attached hydrogen (secondary N) is 1. The van der Waals surface area contributed by atoms with Gasteiger partial charge in [-0.15, -0.1) is 0 Å². The first kappa shape index (κ1) is 22.7. The Morgan fingerprint density at radius 1 is 1.08 bits per heavy atom. The summed E-state index contributed by atoms with van der Waals surface area (Å²) in [6.45, 7) is 3.48. The van der Waals surface area contributed by atoms with Crippen molar-refractivity contribution in [3.8, 4) is 0 Å². The minimum Gasteiger partial charge on any atom is -1.00 e. The van der Waals surface area contributed by atoms with Gasteiger partial charge in [-0.2, -0.15) is 0 Å². The summed E-state index contributed by atoms with van der Waals surface area (Å²) in [5, 5.41) is 2.38. The van der Waals surface area contributed by atoms with E-state index in [9.17, 15) is 17.6 Å². The fourth-order valence-electron chi connectivity index (χ4n) is 2.48. The number of morpholine rings is 1. The Balaban J connectivity index is 0.00000338. The Kier molecular flexibility index (Phi) is 9.93. The summed E-state index contributed by atoms with van der Waals surface area (Å²) in [5.41, 5.74) is -1.51. The second-order valence-corrected chi connectivity index (χ2v) is 5.63. The Morgan fingerprint density at radius 2 is 1.69 bits per heavy atom. The minimum atomic E-state index is -1.43. The number of ether oxygens (including phenoxy) is 2. The van der Waals surface area contributed by atoms with E-state index in [1.807, 2.05) is 4.90 Å². The van der Waals surface area contributed by atoms with E-state index in [4.69, 9.17) is 9.47 Å². The fourth-order valence-corrected chi connectivity index (χ4v) is 2.48. The lowest BCUT2D eigenvalue weighted by atomic mass is 10.1. The second-order valence-electron chi connectivity index (χ2n) is 5.63. The molecule has 1 aliphatic rings. The fraction of sp³-hybridized carbons (Fsp3) is 0.529. The van der Waals surface area contributed by atoms with E-state index in [2.05, 4.69) is 5.32 Å². The molecule has 0 aliphatic carbocycles. The Bertz CT molecular complexity index is 582. The summed E-state index contributed by atoms with van der Waals surface area (Å²) in [4.78, 5) is 2.01. The van der Waals surface area contributed by atoms with Gasteiger partial charge in [-0.3, -0.25) is 4.90 Å². The van der Waals surface area contributed by atoms with Gasteiger partial charge in [-0.05, 0) is 6.42 Å². The molecule has 0 amide bonds. The molecule has 1 fully saturated rings. The highest BCUT2D eigenvalue weighted by Gasteiger charge is 2.24. The van der Waals surface area contributed by atoms with Crippen molar-refractivity contribution in [3.05, 3.63) is 34.9 Å². The number of anilines is 1. The van der Waals surface area contributed by atoms with Crippen molar-refractivity contribution in [1.82, 2.24) is 4.90 Å². The molecule has 1 aromatic rings. The van der Waals surface area contributed by atoms with Crippen LogP contribution in [-0.2, 0) is 9.47 Å². The zero-order chi connectivity index (χ0) is 18.2. The van der Waals surface area contributed by atoms with Crippen LogP contribution in [0.1, 0.15) is 12.0 Å². The number of rotatable bonds is 8. The number of halogens is 5. The molecule has 0 spiro atoms. The van der Waals surface area contributed by atoms with Gasteiger partial charge in [-0.1, -0.05) is 12.2 Å². The van der Waals surface area contributed by atoms with Crippen molar-refractivity contribution in [2.24, 2.45) is 0 Å². The van der Waals surface area contributed by atoms with Crippen LogP contribution in [0, 0.1) is 23.3 Å². The molecule has 0 radical (unpaired) electrons. The molecule has 0 bridgehead atoms. The molecule has 148 valence electrons. The first-order valence-corrected chi connectivity index (χ1v) is 8.11. The highest BCUT2D eigenvalue weighted by Crippen LogP contribution is 2.29. The molecule has 1 aromatic carbocycles. The Morgan fingerprint density at radius 3 is 2.27 bits per heavy atom. The van der Waals surface area contributed by atoms with Crippen LogP contribution in [-0.4, -0.2) is 58.0 Å². The van der Waals surface area contributed by atoms with Crippen LogP contribution in [0.4, 0.5) is 23.2 Å². The molecule has 26 heavy (non-hydrogen) atoms. The molecule has 0 saturated carbocycles. The summed E-state index contributed by atoms with van der Waals surface area (Å²) >= 11 is 0. The minimum absolute atomic E-state index is 0. The number of hydrogen-bond donors (Lipinski definition) is 1. The van der Waals surface area contributed by atoms with Gasteiger partial charge < -0.3 is 27.2 Å². The van der Waals surface area contributed by atoms with Crippen LogP contribution in [0.5, 0.6) is 0 Å². The van der Waals surface area contributed by atoms with E-state index in [-0.39, 0.29) is 19.0 Å². The van der Waals surface area contributed by atoms with E-state index in [1.54, 1.807) is 0 Å². The lowest BCUT2D eigenvalue weighted by Gasteiger charge is -2.25. The zero-order valence-electron chi connectivity index (χ0n) is 14.5. The monoisotopic (exact) mass is 397 g/mol. The van der Waals surface area contributed by atoms with Crippen molar-refractivity contribution < 1.29 is 39.4 Å². The van der Waals surface area contributed by atoms with Gasteiger partial charge in [0.1, 0.15) is 5.69 Å². The van der Waals surface area contributed by atoms with Crippen molar-refractivity contribution in [3.63, 3.8) is 0 Å². The SMILES string of the molecule is COCCCNc1c(F)c(F)c(/C=C/CN2CCOCC2)c(F)c1F.[Cl-]. The quantitative estimate of drug-likeness (QED) is 0.381. The molecule has 1 saturated heterocycles. The van der Waals surface area contributed by atoms with Crippen LogP contribution >= 0.6 is 0 Å². The molecule has 1 aliphatic heterocycles. The van der Waals surface area contributed by atoms with Gasteiger partial charge in [0.25, 0.3) is 0 Å². The summed E-state index contributed by atoms with van der Waals surface area (Å²) in [6, 6.07) is 0. The maximum atomic E-state index is 14.1. The standard InChI is InChI=1S/C17H22F4N2O2.ClH/c1-24-9-3-5-22-17-15(20)13(18)12(14(19)16(17)21)4-2-6-23-7-10-25-11-8-23;/h2,4,22H,3,5-11H2,1H3;1H/p-1/b4-2+;. The van der Waals surface area contributed by atoms with Crippen LogP contribution in [0.25, 0.3) is 6.08 Å². The van der Waals surface area contributed by atoms with Crippen molar-refractivity contribution in [2.75, 3.05) is 58.4 Å². The molecule has 0 aromatic heterocycles. The van der Waals surface area contributed by atoms with Crippen LogP contribution < -0.4 is 17.7 Å². The first-order valence-electron chi connectivity index (χ1n) is 8.11. The summed E-state index contributed by atoms with van der Waals surface area (Å²) < 4.78 is 66.3. The summed E-state index contributed by atoms with van der Waals surface area (Å²) in [6.07, 6.45) is 3.00. The van der Waals surface area contributed by atoms with Gasteiger partial charge in [0.15, 0.2) is 23.3 Å². The largest absolute Gasteiger partial charge is 1.00 e. The second kappa shape index (κ2) is 11.4. The molecule has 0 atom stereocenters. The van der Waals surface area contributed by atoms with E-state index in [1.165, 1.54) is 13.2 Å². The molecular weight excluding hydrogens is 376 g/mol. The zero-order valence-corrected chi connectivity index (χ0v) is 15.2. The van der Waals surface area contributed by atoms with E-state index < -0.39 is 34.5 Å². The van der Waals surface area contributed by atoms with Gasteiger partial charge in [-0.25, -0.2) is 17.6 Å². The Hall–Kier alpha value is -1.35. The van der Waals surface area contributed by atoms with Gasteiger partial charge in [0, 0.05) is 39.9 Å². The van der Waals surface area contributed by atoms with Crippen molar-refractivity contribution in [2.45, 2.75) is 6.42 Å². The highest BCUT2D eigenvalue weighted by molar-refractivity contribution is 5.58. The lowest BCUT2D eigenvalue weighted by Crippen LogP contribution is -3.00. The summed E-state index contributed by atoms with van der Waals surface area (Å²) in [7, 11) is 1.48. The molecule has 1 N–H and O–H groups in total. The third-order valence-electron chi connectivity index (χ3n) is 3.88. The van der Waals surface area contributed by atoms with Crippen molar-refractivity contribution >= 4 is 11.8 Å². The number of hydrogen-bond acceptors (Lipinski definition) is 4. The maximum absolute atomic E-state index is 14.1. The van der Waals surface area contributed by atoms with E-state index in [0.29, 0.717) is 45.9 Å². The molecule has 1 heterocycles. The number of nitrogens with zero attached hydrogens (tertiary/aromatic N) is 1. The van der Waals surface area contributed by atoms with Crippen LogP contribution in [0.2, 0.25) is 0 Å². The molecule has 4 nitrogen and oxygen atoms in total. The van der Waals surface area contributed by atoms with Crippen molar-refractivity contribution in [1.29, 1.82) is 0 Å². The van der Waals surface area contributed by atoms with E-state index >= 15 is 0 Å². The van der Waals surface area contributed by atoms with Gasteiger partial charge in [0.2, 0.25) is 0 Å². The van der Waals surface area contributed by atoms with Gasteiger partial charge in [0.05, 0.1) is 18.8 Å². The van der Waals surface area contributed by atoms with Crippen LogP contribution in [0.15, 0.2) is 6.08 Å². The normalized spacial score (nSPS) is 15.3. The first-order chi connectivity index (χ1) is 12.1.